The van der Waals surface area contributed by atoms with Gasteiger partial charge in [-0.25, -0.2) is 10.1 Å². The SMILES string of the molecule is CCCn1nc(C(=O)N/N=C/c2cccc(Cl)c2Cl)c2ccccc2c1=O. The molecule has 3 rings (SSSR count). The number of nitrogens with zero attached hydrogens (tertiary/aromatic N) is 3. The molecule has 0 saturated carbocycles. The number of aromatic nitrogens is 2. The summed E-state index contributed by atoms with van der Waals surface area (Å²) in [5.74, 6) is -0.523. The second-order valence-corrected chi connectivity index (χ2v) is 6.55. The van der Waals surface area contributed by atoms with E-state index < -0.39 is 5.91 Å². The van der Waals surface area contributed by atoms with Gasteiger partial charge in [-0.1, -0.05) is 60.5 Å². The monoisotopic (exact) mass is 402 g/mol. The fourth-order valence-corrected chi connectivity index (χ4v) is 2.96. The molecule has 2 aromatic carbocycles. The minimum atomic E-state index is -0.523. The van der Waals surface area contributed by atoms with Gasteiger partial charge in [-0.3, -0.25) is 9.59 Å². The number of nitrogens with one attached hydrogen (secondary N) is 1. The van der Waals surface area contributed by atoms with E-state index in [1.165, 1.54) is 10.9 Å². The first-order valence-corrected chi connectivity index (χ1v) is 9.05. The molecule has 0 aliphatic rings. The fraction of sp³-hybridized carbons (Fsp3) is 0.158. The molecule has 0 radical (unpaired) electrons. The second kappa shape index (κ2) is 8.33. The molecule has 27 heavy (non-hydrogen) atoms. The number of amides is 1. The van der Waals surface area contributed by atoms with Crippen molar-refractivity contribution in [2.75, 3.05) is 0 Å². The summed E-state index contributed by atoms with van der Waals surface area (Å²) in [6, 6.07) is 12.0. The van der Waals surface area contributed by atoms with Crippen LogP contribution in [0.15, 0.2) is 52.4 Å². The summed E-state index contributed by atoms with van der Waals surface area (Å²) in [6.45, 7) is 2.35. The molecular formula is C19H16Cl2N4O2. The molecule has 0 bridgehead atoms. The maximum atomic E-state index is 12.6. The van der Waals surface area contributed by atoms with Crippen molar-refractivity contribution >= 4 is 46.1 Å². The van der Waals surface area contributed by atoms with Crippen LogP contribution in [-0.2, 0) is 6.54 Å². The third-order valence-corrected chi connectivity index (χ3v) is 4.70. The molecule has 1 amide bonds. The molecule has 0 atom stereocenters. The van der Waals surface area contributed by atoms with E-state index in [2.05, 4.69) is 15.6 Å². The Labute approximate surface area is 165 Å². The zero-order valence-electron chi connectivity index (χ0n) is 14.4. The molecule has 1 heterocycles. The van der Waals surface area contributed by atoms with Gasteiger partial charge in [0.15, 0.2) is 5.69 Å². The molecule has 1 N–H and O–H groups in total. The van der Waals surface area contributed by atoms with Crippen molar-refractivity contribution in [2.24, 2.45) is 5.10 Å². The smallest absolute Gasteiger partial charge is 0.267 e. The highest BCUT2D eigenvalue weighted by atomic mass is 35.5. The minimum absolute atomic E-state index is 0.132. The van der Waals surface area contributed by atoms with E-state index in [0.29, 0.717) is 32.9 Å². The highest BCUT2D eigenvalue weighted by molar-refractivity contribution is 6.43. The van der Waals surface area contributed by atoms with Gasteiger partial charge in [-0.15, -0.1) is 0 Å². The summed E-state index contributed by atoms with van der Waals surface area (Å²) in [4.78, 5) is 25.1. The van der Waals surface area contributed by atoms with Gasteiger partial charge in [-0.2, -0.15) is 10.2 Å². The van der Waals surface area contributed by atoms with Crippen LogP contribution >= 0.6 is 23.2 Å². The molecule has 0 unspecified atom stereocenters. The molecular weight excluding hydrogens is 387 g/mol. The number of aryl methyl sites for hydroxylation is 1. The number of halogens is 2. The predicted octanol–water partition coefficient (Wildman–Crippen LogP) is 3.88. The van der Waals surface area contributed by atoms with Crippen molar-refractivity contribution in [1.82, 2.24) is 15.2 Å². The molecule has 138 valence electrons. The van der Waals surface area contributed by atoms with Gasteiger partial charge in [-0.05, 0) is 18.6 Å². The van der Waals surface area contributed by atoms with Crippen LogP contribution in [0.3, 0.4) is 0 Å². The third-order valence-electron chi connectivity index (χ3n) is 3.87. The first kappa shape index (κ1) is 19.1. The van der Waals surface area contributed by atoms with Gasteiger partial charge in [0.1, 0.15) is 0 Å². The number of hydrogen-bond donors (Lipinski definition) is 1. The van der Waals surface area contributed by atoms with E-state index in [9.17, 15) is 9.59 Å². The normalized spacial score (nSPS) is 11.2. The quantitative estimate of drug-likeness (QED) is 0.519. The average Bonchev–Trinajstić information content (AvgIpc) is 2.67. The Morgan fingerprint density at radius 2 is 1.93 bits per heavy atom. The second-order valence-electron chi connectivity index (χ2n) is 5.76. The van der Waals surface area contributed by atoms with E-state index >= 15 is 0 Å². The molecule has 1 aromatic heterocycles. The first-order valence-electron chi connectivity index (χ1n) is 8.30. The minimum Gasteiger partial charge on any atom is -0.267 e. The number of benzene rings is 2. The van der Waals surface area contributed by atoms with Gasteiger partial charge in [0.25, 0.3) is 11.5 Å². The maximum absolute atomic E-state index is 12.6. The van der Waals surface area contributed by atoms with Crippen LogP contribution in [-0.4, -0.2) is 21.9 Å². The van der Waals surface area contributed by atoms with Gasteiger partial charge >= 0.3 is 0 Å². The Morgan fingerprint density at radius 1 is 1.19 bits per heavy atom. The van der Waals surface area contributed by atoms with Crippen molar-refractivity contribution in [2.45, 2.75) is 19.9 Å². The summed E-state index contributed by atoms with van der Waals surface area (Å²) in [5, 5.41) is 9.80. The van der Waals surface area contributed by atoms with E-state index in [1.54, 1.807) is 42.5 Å². The number of carbonyl (C=O) groups is 1. The fourth-order valence-electron chi connectivity index (χ4n) is 2.60. The molecule has 0 aliphatic heterocycles. The Bertz CT molecular complexity index is 1090. The molecule has 6 nitrogen and oxygen atoms in total. The zero-order valence-corrected chi connectivity index (χ0v) is 16.0. The first-order chi connectivity index (χ1) is 13.0. The zero-order chi connectivity index (χ0) is 19.4. The van der Waals surface area contributed by atoms with Crippen LogP contribution in [0.2, 0.25) is 10.0 Å². The summed E-state index contributed by atoms with van der Waals surface area (Å²) in [6.07, 6.45) is 2.12. The summed E-state index contributed by atoms with van der Waals surface area (Å²) >= 11 is 12.0. The largest absolute Gasteiger partial charge is 0.292 e. The lowest BCUT2D eigenvalue weighted by atomic mass is 10.1. The highest BCUT2D eigenvalue weighted by Gasteiger charge is 2.16. The van der Waals surface area contributed by atoms with Crippen LogP contribution in [0, 0.1) is 0 Å². The molecule has 0 spiro atoms. The lowest BCUT2D eigenvalue weighted by Gasteiger charge is -2.09. The molecule has 0 fully saturated rings. The highest BCUT2D eigenvalue weighted by Crippen LogP contribution is 2.24. The maximum Gasteiger partial charge on any atom is 0.292 e. The standard InChI is InChI=1S/C19H16Cl2N4O2/c1-2-10-25-19(27)14-8-4-3-7-13(14)17(24-25)18(26)23-22-11-12-6-5-9-15(20)16(12)21/h3-9,11H,2,10H2,1H3,(H,23,26)/b22-11+. The van der Waals surface area contributed by atoms with Crippen molar-refractivity contribution in [3.8, 4) is 0 Å². The van der Waals surface area contributed by atoms with Crippen LogP contribution in [0.5, 0.6) is 0 Å². The van der Waals surface area contributed by atoms with E-state index in [0.717, 1.165) is 6.42 Å². The van der Waals surface area contributed by atoms with Gasteiger partial charge in [0.05, 0.1) is 21.6 Å². The van der Waals surface area contributed by atoms with Crippen LogP contribution < -0.4 is 11.0 Å². The van der Waals surface area contributed by atoms with E-state index in [1.807, 2.05) is 6.92 Å². The number of fused-ring (bicyclic) bond motifs is 1. The van der Waals surface area contributed by atoms with Crippen LogP contribution in [0.25, 0.3) is 10.8 Å². The van der Waals surface area contributed by atoms with Gasteiger partial charge in [0.2, 0.25) is 0 Å². The number of carbonyl (C=O) groups excluding carboxylic acids is 1. The van der Waals surface area contributed by atoms with Crippen molar-refractivity contribution in [1.29, 1.82) is 0 Å². The molecule has 8 heteroatoms. The summed E-state index contributed by atoms with van der Waals surface area (Å²) in [7, 11) is 0. The van der Waals surface area contributed by atoms with Crippen molar-refractivity contribution in [3.63, 3.8) is 0 Å². The molecule has 3 aromatic rings. The Kier molecular flexibility index (Phi) is 5.88. The topological polar surface area (TPSA) is 76.3 Å². The molecule has 0 saturated heterocycles. The van der Waals surface area contributed by atoms with Crippen molar-refractivity contribution in [3.05, 3.63) is 74.1 Å². The number of rotatable bonds is 5. The van der Waals surface area contributed by atoms with Crippen LogP contribution in [0.1, 0.15) is 29.4 Å². The molecule has 0 aliphatic carbocycles. The lowest BCUT2D eigenvalue weighted by Crippen LogP contribution is -2.29. The predicted molar refractivity (Wildman–Crippen MR) is 108 cm³/mol. The van der Waals surface area contributed by atoms with E-state index in [-0.39, 0.29) is 11.3 Å². The Balaban J connectivity index is 1.93. The lowest BCUT2D eigenvalue weighted by molar-refractivity contribution is 0.0949. The van der Waals surface area contributed by atoms with Gasteiger partial charge in [0, 0.05) is 17.5 Å². The van der Waals surface area contributed by atoms with Crippen molar-refractivity contribution < 1.29 is 4.79 Å². The van der Waals surface area contributed by atoms with E-state index in [4.69, 9.17) is 23.2 Å². The van der Waals surface area contributed by atoms with Gasteiger partial charge < -0.3 is 0 Å². The number of hydrazone groups is 1. The summed E-state index contributed by atoms with van der Waals surface area (Å²) < 4.78 is 1.30. The third kappa shape index (κ3) is 4.02. The number of hydrogen-bond acceptors (Lipinski definition) is 4. The Morgan fingerprint density at radius 3 is 2.67 bits per heavy atom. The van der Waals surface area contributed by atoms with Crippen LogP contribution in [0.4, 0.5) is 0 Å². The average molecular weight is 403 g/mol. The summed E-state index contributed by atoms with van der Waals surface area (Å²) in [5.41, 5.74) is 2.90. The Hall–Kier alpha value is -2.70.